The van der Waals surface area contributed by atoms with E-state index in [0.717, 1.165) is 34.5 Å². The van der Waals surface area contributed by atoms with Gasteiger partial charge in [0.15, 0.2) is 0 Å². The van der Waals surface area contributed by atoms with E-state index in [0.29, 0.717) is 12.1 Å². The minimum atomic E-state index is -3.78. The summed E-state index contributed by atoms with van der Waals surface area (Å²) >= 11 is 0. The van der Waals surface area contributed by atoms with Crippen molar-refractivity contribution in [2.24, 2.45) is 7.05 Å². The Bertz CT molecular complexity index is 1730. The summed E-state index contributed by atoms with van der Waals surface area (Å²) in [6.07, 6.45) is 5.19. The Balaban J connectivity index is 1.51. The van der Waals surface area contributed by atoms with E-state index < -0.39 is 16.1 Å². The minimum Gasteiger partial charge on any atom is -0.337 e. The van der Waals surface area contributed by atoms with Crippen LogP contribution in [0.1, 0.15) is 80.1 Å². The Morgan fingerprint density at radius 3 is 2.56 bits per heavy atom. The number of hydrogen-bond donors (Lipinski definition) is 1. The lowest BCUT2D eigenvalue weighted by Crippen LogP contribution is -2.37. The quantitative estimate of drug-likeness (QED) is 0.232. The Kier molecular flexibility index (Phi) is 8.58. The van der Waals surface area contributed by atoms with E-state index in [4.69, 9.17) is 0 Å². The number of carbonyl (C=O) groups excluding carboxylic acids is 1. The van der Waals surface area contributed by atoms with Crippen LogP contribution in [0.15, 0.2) is 84.0 Å². The summed E-state index contributed by atoms with van der Waals surface area (Å²) in [5, 5.41) is 0. The van der Waals surface area contributed by atoms with Gasteiger partial charge in [-0.15, -0.1) is 0 Å². The number of hydrogen-bond acceptors (Lipinski definition) is 4. The Labute approximate surface area is 253 Å². The summed E-state index contributed by atoms with van der Waals surface area (Å²) in [4.78, 5) is 20.4. The maximum atomic E-state index is 14.0. The van der Waals surface area contributed by atoms with Gasteiger partial charge in [0.2, 0.25) is 15.9 Å². The average Bonchev–Trinajstić information content (AvgIpc) is 3.37. The number of rotatable bonds is 9. The summed E-state index contributed by atoms with van der Waals surface area (Å²) in [7, 11) is -1.89. The Morgan fingerprint density at radius 2 is 1.88 bits per heavy atom. The third kappa shape index (κ3) is 6.73. The molecule has 0 saturated heterocycles. The van der Waals surface area contributed by atoms with Gasteiger partial charge in [0.05, 0.1) is 11.4 Å². The van der Waals surface area contributed by atoms with Crippen molar-refractivity contribution in [3.8, 4) is 0 Å². The lowest BCUT2D eigenvalue weighted by Gasteiger charge is -2.38. The first-order valence-corrected chi connectivity index (χ1v) is 16.1. The van der Waals surface area contributed by atoms with Gasteiger partial charge in [-0.1, -0.05) is 51.1 Å². The molecule has 1 aliphatic rings. The zero-order chi connectivity index (χ0) is 30.9. The Morgan fingerprint density at radius 1 is 1.14 bits per heavy atom. The number of nitrogens with one attached hydrogen (secondary N) is 1. The highest BCUT2D eigenvalue weighted by Gasteiger charge is 2.36. The van der Waals surface area contributed by atoms with Crippen LogP contribution in [0.3, 0.4) is 0 Å². The highest BCUT2D eigenvalue weighted by Crippen LogP contribution is 2.43. The molecule has 0 radical (unpaired) electrons. The van der Waals surface area contributed by atoms with Crippen LogP contribution in [0.2, 0.25) is 0 Å². The molecule has 7 nitrogen and oxygen atoms in total. The smallest absolute Gasteiger partial charge is 0.241 e. The van der Waals surface area contributed by atoms with E-state index in [1.54, 1.807) is 41.4 Å². The fourth-order valence-corrected chi connectivity index (χ4v) is 7.23. The zero-order valence-electron chi connectivity index (χ0n) is 25.3. The molecule has 1 aromatic heterocycles. The molecular formula is C34H39FN4O3S. The van der Waals surface area contributed by atoms with E-state index in [9.17, 15) is 17.6 Å². The van der Waals surface area contributed by atoms with Crippen LogP contribution in [0, 0.1) is 12.7 Å². The molecule has 5 rings (SSSR count). The second kappa shape index (κ2) is 12.1. The van der Waals surface area contributed by atoms with Crippen molar-refractivity contribution in [1.82, 2.24) is 14.3 Å². The van der Waals surface area contributed by atoms with Crippen LogP contribution in [0.4, 0.5) is 10.1 Å². The molecule has 43 heavy (non-hydrogen) atoms. The molecule has 1 amide bonds. The molecule has 226 valence electrons. The zero-order valence-corrected chi connectivity index (χ0v) is 26.2. The first-order chi connectivity index (χ1) is 20.3. The van der Waals surface area contributed by atoms with Crippen molar-refractivity contribution in [2.75, 3.05) is 4.90 Å². The molecule has 9 heteroatoms. The first-order valence-electron chi connectivity index (χ1n) is 14.6. The highest BCUT2D eigenvalue weighted by molar-refractivity contribution is 7.89. The van der Waals surface area contributed by atoms with Gasteiger partial charge in [0.25, 0.3) is 0 Å². The molecule has 0 aliphatic heterocycles. The number of carbonyl (C=O) groups is 1. The molecule has 4 aromatic rings. The van der Waals surface area contributed by atoms with Gasteiger partial charge in [-0.05, 0) is 89.8 Å². The average molecular weight is 603 g/mol. The predicted octanol–water partition coefficient (Wildman–Crippen LogP) is 6.69. The number of halogens is 1. The van der Waals surface area contributed by atoms with Crippen LogP contribution >= 0.6 is 0 Å². The molecule has 2 atom stereocenters. The summed E-state index contributed by atoms with van der Waals surface area (Å²) in [5.74, 6) is 0.162. The molecule has 0 saturated carbocycles. The second-order valence-corrected chi connectivity index (χ2v) is 14.0. The summed E-state index contributed by atoms with van der Waals surface area (Å²) in [6, 6.07) is 18.6. The van der Waals surface area contributed by atoms with Crippen LogP contribution in [-0.4, -0.2) is 23.9 Å². The lowest BCUT2D eigenvalue weighted by atomic mass is 9.71. The monoisotopic (exact) mass is 602 g/mol. The summed E-state index contributed by atoms with van der Waals surface area (Å²) in [5.41, 5.74) is 4.19. The fraction of sp³-hybridized carbons (Fsp3) is 0.353. The molecule has 0 spiro atoms. The normalized spacial score (nSPS) is 16.8. The second-order valence-electron chi connectivity index (χ2n) is 12.3. The van der Waals surface area contributed by atoms with E-state index >= 15 is 0 Å². The van der Waals surface area contributed by atoms with Crippen molar-refractivity contribution >= 4 is 21.6 Å². The number of nitrogens with zero attached hydrogens (tertiary/aromatic N) is 3. The number of fused-ring (bicyclic) bond motifs is 1. The van der Waals surface area contributed by atoms with Gasteiger partial charge in [-0.2, -0.15) is 0 Å². The maximum absolute atomic E-state index is 14.0. The van der Waals surface area contributed by atoms with Crippen LogP contribution in [0.5, 0.6) is 0 Å². The fourth-order valence-electron chi connectivity index (χ4n) is 5.87. The standard InChI is InChI=1S/C34H39FN4O3S/c1-23-7-6-8-28(19-23)43(41,42)37-31-15-16-34(3,4)30-14-13-27(21-29(30)31)39(22-32-36-17-18-38(32)5)33(40)20-24(2)25-9-11-26(35)12-10-25/h6-14,17-19,21,24,31,37H,15-16,20,22H2,1-5H3/t24-,31+/m0/s1. The highest BCUT2D eigenvalue weighted by atomic mass is 32.2. The lowest BCUT2D eigenvalue weighted by molar-refractivity contribution is -0.119. The first kappa shape index (κ1) is 30.6. The van der Waals surface area contributed by atoms with Crippen molar-refractivity contribution in [3.05, 3.63) is 113 Å². The van der Waals surface area contributed by atoms with Crippen molar-refractivity contribution < 1.29 is 17.6 Å². The van der Waals surface area contributed by atoms with Gasteiger partial charge in [-0.3, -0.25) is 4.79 Å². The largest absolute Gasteiger partial charge is 0.337 e. The molecule has 0 fully saturated rings. The van der Waals surface area contributed by atoms with Gasteiger partial charge in [0.1, 0.15) is 11.6 Å². The Hall–Kier alpha value is -3.82. The number of aryl methyl sites for hydroxylation is 2. The number of aromatic nitrogens is 2. The van der Waals surface area contributed by atoms with Crippen molar-refractivity contribution in [2.45, 2.75) is 75.8 Å². The molecule has 1 N–H and O–H groups in total. The molecule has 0 unspecified atom stereocenters. The SMILES string of the molecule is Cc1cccc(S(=O)(=O)N[C@@H]2CCC(C)(C)c3ccc(N(Cc4nccn4C)C(=O)C[C@H](C)c4ccc(F)cc4)cc32)c1. The van der Waals surface area contributed by atoms with E-state index in [2.05, 4.69) is 23.6 Å². The van der Waals surface area contributed by atoms with Gasteiger partial charge >= 0.3 is 0 Å². The van der Waals surface area contributed by atoms with Gasteiger partial charge < -0.3 is 9.47 Å². The number of anilines is 1. The van der Waals surface area contributed by atoms with Crippen molar-refractivity contribution in [1.29, 1.82) is 0 Å². The minimum absolute atomic E-state index is 0.105. The summed E-state index contributed by atoms with van der Waals surface area (Å²) in [6.45, 7) is 8.40. The third-order valence-electron chi connectivity index (χ3n) is 8.55. The molecule has 1 heterocycles. The van der Waals surface area contributed by atoms with Crippen LogP contribution in [-0.2, 0) is 33.8 Å². The van der Waals surface area contributed by atoms with Crippen LogP contribution in [0.25, 0.3) is 0 Å². The third-order valence-corrected chi connectivity index (χ3v) is 10.0. The van der Waals surface area contributed by atoms with E-state index in [1.165, 1.54) is 12.1 Å². The van der Waals surface area contributed by atoms with Crippen LogP contribution < -0.4 is 9.62 Å². The number of sulfonamides is 1. The molecular weight excluding hydrogens is 563 g/mol. The number of imidazole rings is 1. The number of amides is 1. The molecule has 0 bridgehead atoms. The molecule has 3 aromatic carbocycles. The summed E-state index contributed by atoms with van der Waals surface area (Å²) < 4.78 is 45.3. The molecule has 1 aliphatic carbocycles. The number of benzene rings is 3. The van der Waals surface area contributed by atoms with E-state index in [-0.39, 0.29) is 40.9 Å². The topological polar surface area (TPSA) is 84.3 Å². The van der Waals surface area contributed by atoms with Gasteiger partial charge in [-0.25, -0.2) is 22.5 Å². The van der Waals surface area contributed by atoms with Gasteiger partial charge in [0, 0.05) is 37.6 Å². The predicted molar refractivity (Wildman–Crippen MR) is 167 cm³/mol. The maximum Gasteiger partial charge on any atom is 0.241 e. The van der Waals surface area contributed by atoms with E-state index in [1.807, 2.05) is 55.9 Å². The van der Waals surface area contributed by atoms with Crippen molar-refractivity contribution in [3.63, 3.8) is 0 Å².